The molecule has 3 N–H and O–H groups in total. The van der Waals surface area contributed by atoms with Crippen molar-refractivity contribution in [3.63, 3.8) is 0 Å². The van der Waals surface area contributed by atoms with Gasteiger partial charge in [0.25, 0.3) is 11.8 Å². The van der Waals surface area contributed by atoms with Gasteiger partial charge in [0.2, 0.25) is 5.91 Å². The molecule has 0 saturated carbocycles. The zero-order chi connectivity index (χ0) is 24.3. The molecule has 176 valence electrons. The van der Waals surface area contributed by atoms with Gasteiger partial charge in [0.1, 0.15) is 5.75 Å². The second kappa shape index (κ2) is 12.2. The van der Waals surface area contributed by atoms with Crippen LogP contribution in [0.4, 0.5) is 5.69 Å². The second-order valence-electron chi connectivity index (χ2n) is 7.00. The number of methoxy groups -OCH3 is 1. The summed E-state index contributed by atoms with van der Waals surface area (Å²) >= 11 is 1.22. The molecule has 10 heteroatoms. The molecule has 0 spiro atoms. The van der Waals surface area contributed by atoms with E-state index in [2.05, 4.69) is 16.2 Å². The Morgan fingerprint density at radius 1 is 0.882 bits per heavy atom. The predicted octanol–water partition coefficient (Wildman–Crippen LogP) is 2.95. The van der Waals surface area contributed by atoms with Crippen molar-refractivity contribution in [2.75, 3.05) is 19.0 Å². The fourth-order valence-corrected chi connectivity index (χ4v) is 3.49. The largest absolute Gasteiger partial charge is 0.497 e. The number of anilines is 1. The quantitative estimate of drug-likeness (QED) is 0.319. The lowest BCUT2D eigenvalue weighted by atomic mass is 10.1. The molecule has 3 aromatic rings. The summed E-state index contributed by atoms with van der Waals surface area (Å²) in [5.41, 5.74) is 5.77. The molecule has 1 heterocycles. The van der Waals surface area contributed by atoms with E-state index in [0.717, 1.165) is 11.3 Å². The van der Waals surface area contributed by atoms with Crippen LogP contribution in [0.25, 0.3) is 0 Å². The predicted molar refractivity (Wildman–Crippen MR) is 127 cm³/mol. The van der Waals surface area contributed by atoms with Gasteiger partial charge in [0.05, 0.1) is 23.2 Å². The molecule has 0 saturated heterocycles. The van der Waals surface area contributed by atoms with Crippen LogP contribution in [0, 0.1) is 0 Å². The number of thiophene rings is 1. The van der Waals surface area contributed by atoms with Crippen molar-refractivity contribution in [1.82, 2.24) is 10.9 Å². The minimum atomic E-state index is -0.786. The van der Waals surface area contributed by atoms with E-state index in [-0.39, 0.29) is 23.6 Å². The molecule has 0 radical (unpaired) electrons. The molecule has 2 aromatic carbocycles. The van der Waals surface area contributed by atoms with E-state index < -0.39 is 24.4 Å². The molecule has 1 aromatic heterocycles. The van der Waals surface area contributed by atoms with Gasteiger partial charge in [-0.3, -0.25) is 25.2 Å². The number of hydrogen-bond donors (Lipinski definition) is 3. The van der Waals surface area contributed by atoms with Gasteiger partial charge in [-0.2, -0.15) is 0 Å². The van der Waals surface area contributed by atoms with Gasteiger partial charge in [0.15, 0.2) is 6.61 Å². The number of hydrazine groups is 1. The van der Waals surface area contributed by atoms with E-state index in [4.69, 9.17) is 9.47 Å². The summed E-state index contributed by atoms with van der Waals surface area (Å²) in [4.78, 5) is 49.0. The summed E-state index contributed by atoms with van der Waals surface area (Å²) < 4.78 is 10.1. The highest BCUT2D eigenvalue weighted by Gasteiger charge is 2.16. The van der Waals surface area contributed by atoms with Crippen LogP contribution in [0.5, 0.6) is 5.75 Å². The minimum absolute atomic E-state index is 0.107. The van der Waals surface area contributed by atoms with Crippen molar-refractivity contribution in [1.29, 1.82) is 0 Å². The highest BCUT2D eigenvalue weighted by Crippen LogP contribution is 2.18. The number of esters is 1. The summed E-state index contributed by atoms with van der Waals surface area (Å²) in [7, 11) is 1.58. The number of carbonyl (C=O) groups is 4. The molecule has 0 atom stereocenters. The van der Waals surface area contributed by atoms with E-state index in [1.54, 1.807) is 42.8 Å². The van der Waals surface area contributed by atoms with Crippen LogP contribution in [-0.2, 0) is 20.7 Å². The summed E-state index contributed by atoms with van der Waals surface area (Å²) in [6.45, 7) is -0.608. The second-order valence-corrected chi connectivity index (χ2v) is 7.95. The van der Waals surface area contributed by atoms with Crippen LogP contribution < -0.4 is 20.9 Å². The SMILES string of the molecule is COc1ccc(CCC(=O)Nc2ccccc2C(=O)OCC(=O)NNC(=O)c2cccs2)cc1. The maximum Gasteiger partial charge on any atom is 0.340 e. The van der Waals surface area contributed by atoms with Gasteiger partial charge >= 0.3 is 5.97 Å². The third kappa shape index (κ3) is 7.17. The minimum Gasteiger partial charge on any atom is -0.497 e. The lowest BCUT2D eigenvalue weighted by Gasteiger charge is -2.11. The Labute approximate surface area is 200 Å². The molecule has 0 aliphatic heterocycles. The first kappa shape index (κ1) is 24.5. The van der Waals surface area contributed by atoms with E-state index in [0.29, 0.717) is 11.3 Å². The number of ether oxygens (including phenoxy) is 2. The first-order chi connectivity index (χ1) is 16.5. The highest BCUT2D eigenvalue weighted by molar-refractivity contribution is 7.12. The monoisotopic (exact) mass is 481 g/mol. The van der Waals surface area contributed by atoms with Crippen molar-refractivity contribution >= 4 is 40.7 Å². The van der Waals surface area contributed by atoms with Crippen molar-refractivity contribution in [3.05, 3.63) is 82.0 Å². The van der Waals surface area contributed by atoms with Crippen molar-refractivity contribution in [2.24, 2.45) is 0 Å². The molecule has 0 aliphatic carbocycles. The van der Waals surface area contributed by atoms with E-state index >= 15 is 0 Å². The molecule has 9 nitrogen and oxygen atoms in total. The number of carbonyl (C=O) groups excluding carboxylic acids is 4. The van der Waals surface area contributed by atoms with E-state index in [1.807, 2.05) is 24.3 Å². The Morgan fingerprint density at radius 2 is 1.65 bits per heavy atom. The third-order valence-corrected chi connectivity index (χ3v) is 5.48. The molecular weight excluding hydrogens is 458 g/mol. The molecular formula is C24H23N3O6S. The van der Waals surface area contributed by atoms with Crippen LogP contribution >= 0.6 is 11.3 Å². The van der Waals surface area contributed by atoms with E-state index in [1.165, 1.54) is 17.4 Å². The Bertz CT molecular complexity index is 1150. The van der Waals surface area contributed by atoms with Crippen LogP contribution in [0.3, 0.4) is 0 Å². The number of hydrogen-bond acceptors (Lipinski definition) is 7. The van der Waals surface area contributed by atoms with Crippen molar-refractivity contribution in [3.8, 4) is 5.75 Å². The average Bonchev–Trinajstić information content (AvgIpc) is 3.40. The lowest BCUT2D eigenvalue weighted by molar-refractivity contribution is -0.125. The highest BCUT2D eigenvalue weighted by atomic mass is 32.1. The van der Waals surface area contributed by atoms with E-state index in [9.17, 15) is 19.2 Å². The Balaban J connectivity index is 1.48. The zero-order valence-electron chi connectivity index (χ0n) is 18.3. The first-order valence-corrected chi connectivity index (χ1v) is 11.2. The smallest absolute Gasteiger partial charge is 0.340 e. The van der Waals surface area contributed by atoms with Gasteiger partial charge in [-0.1, -0.05) is 30.3 Å². The van der Waals surface area contributed by atoms with Gasteiger partial charge in [-0.15, -0.1) is 11.3 Å². The van der Waals surface area contributed by atoms with Crippen LogP contribution in [0.2, 0.25) is 0 Å². The lowest BCUT2D eigenvalue weighted by Crippen LogP contribution is -2.43. The van der Waals surface area contributed by atoms with Gasteiger partial charge in [0, 0.05) is 6.42 Å². The molecule has 3 amide bonds. The van der Waals surface area contributed by atoms with Gasteiger partial charge < -0.3 is 14.8 Å². The Hall–Kier alpha value is -4.18. The van der Waals surface area contributed by atoms with Gasteiger partial charge in [-0.25, -0.2) is 4.79 Å². The Kier molecular flexibility index (Phi) is 8.75. The number of benzene rings is 2. The van der Waals surface area contributed by atoms with Crippen LogP contribution in [-0.4, -0.2) is 37.4 Å². The topological polar surface area (TPSA) is 123 Å². The maximum absolute atomic E-state index is 12.5. The van der Waals surface area contributed by atoms with Crippen LogP contribution in [0.1, 0.15) is 32.0 Å². The van der Waals surface area contributed by atoms with Crippen molar-refractivity contribution < 1.29 is 28.7 Å². The number of nitrogens with one attached hydrogen (secondary N) is 3. The summed E-state index contributed by atoms with van der Waals surface area (Å²) in [5, 5.41) is 4.44. The molecule has 34 heavy (non-hydrogen) atoms. The molecule has 0 unspecified atom stereocenters. The van der Waals surface area contributed by atoms with Crippen LogP contribution in [0.15, 0.2) is 66.0 Å². The molecule has 0 fully saturated rings. The number of aryl methyl sites for hydroxylation is 1. The normalized spacial score (nSPS) is 10.1. The van der Waals surface area contributed by atoms with Gasteiger partial charge in [-0.05, 0) is 47.7 Å². The number of rotatable bonds is 9. The Morgan fingerprint density at radius 3 is 2.35 bits per heavy atom. The maximum atomic E-state index is 12.5. The average molecular weight is 482 g/mol. The number of amides is 3. The van der Waals surface area contributed by atoms with Crippen molar-refractivity contribution in [2.45, 2.75) is 12.8 Å². The first-order valence-electron chi connectivity index (χ1n) is 10.3. The standard InChI is InChI=1S/C24H23N3O6S/c1-32-17-11-8-16(9-12-17)10-13-21(28)25-19-6-3-2-5-18(19)24(31)33-15-22(29)26-27-23(30)20-7-4-14-34-20/h2-9,11-12,14H,10,13,15H2,1H3,(H,25,28)(H,26,29)(H,27,30). The summed E-state index contributed by atoms with van der Waals surface area (Å²) in [6, 6.07) is 17.1. The number of para-hydroxylation sites is 1. The summed E-state index contributed by atoms with van der Waals surface area (Å²) in [5.74, 6) is -1.51. The fraction of sp³-hybridized carbons (Fsp3) is 0.167. The molecule has 0 bridgehead atoms. The molecule has 3 rings (SSSR count). The summed E-state index contributed by atoms with van der Waals surface area (Å²) in [6.07, 6.45) is 0.724. The zero-order valence-corrected chi connectivity index (χ0v) is 19.1. The fourth-order valence-electron chi connectivity index (χ4n) is 2.87. The molecule has 0 aliphatic rings. The third-order valence-electron chi connectivity index (χ3n) is 4.62.